The number of amides is 1. The Balaban J connectivity index is 2.08. The van der Waals surface area contributed by atoms with E-state index in [2.05, 4.69) is 10.3 Å². The first-order valence-corrected chi connectivity index (χ1v) is 6.98. The maximum Gasteiger partial charge on any atom is 0.251 e. The van der Waals surface area contributed by atoms with E-state index in [1.165, 1.54) is 23.5 Å². The van der Waals surface area contributed by atoms with Crippen LogP contribution < -0.4 is 11.1 Å². The SMILES string of the molecule is Cc1cnc(CNC(=O)c2cc(N)c(Cl)c(Cl)c2)s1. The Bertz CT molecular complexity index is 604. The lowest BCUT2D eigenvalue weighted by Crippen LogP contribution is -2.22. The molecule has 0 radical (unpaired) electrons. The fourth-order valence-electron chi connectivity index (χ4n) is 1.48. The number of nitrogen functional groups attached to an aromatic ring is 1. The molecule has 100 valence electrons. The number of hydrogen-bond acceptors (Lipinski definition) is 4. The van der Waals surface area contributed by atoms with Crippen molar-refractivity contribution in [2.75, 3.05) is 5.73 Å². The summed E-state index contributed by atoms with van der Waals surface area (Å²) < 4.78 is 0. The molecule has 2 rings (SSSR count). The zero-order chi connectivity index (χ0) is 14.0. The summed E-state index contributed by atoms with van der Waals surface area (Å²) >= 11 is 13.3. The first-order chi connectivity index (χ1) is 8.97. The second kappa shape index (κ2) is 5.77. The Morgan fingerprint density at radius 1 is 1.47 bits per heavy atom. The van der Waals surface area contributed by atoms with Crippen LogP contribution in [0.15, 0.2) is 18.3 Å². The Labute approximate surface area is 124 Å². The van der Waals surface area contributed by atoms with Crippen molar-refractivity contribution in [3.8, 4) is 0 Å². The Morgan fingerprint density at radius 3 is 2.79 bits per heavy atom. The molecule has 0 aliphatic carbocycles. The molecule has 19 heavy (non-hydrogen) atoms. The number of nitrogens with zero attached hydrogens (tertiary/aromatic N) is 1. The zero-order valence-electron chi connectivity index (χ0n) is 10.0. The normalized spacial score (nSPS) is 10.5. The molecule has 1 aromatic heterocycles. The predicted molar refractivity (Wildman–Crippen MR) is 78.9 cm³/mol. The summed E-state index contributed by atoms with van der Waals surface area (Å²) in [6.07, 6.45) is 1.77. The fourth-order valence-corrected chi connectivity index (χ4v) is 2.55. The topological polar surface area (TPSA) is 68.0 Å². The summed E-state index contributed by atoms with van der Waals surface area (Å²) in [5, 5.41) is 4.12. The van der Waals surface area contributed by atoms with Gasteiger partial charge in [0.05, 0.1) is 22.3 Å². The van der Waals surface area contributed by atoms with Crippen LogP contribution in [0.5, 0.6) is 0 Å². The molecular weight excluding hydrogens is 305 g/mol. The van der Waals surface area contributed by atoms with Crippen molar-refractivity contribution in [2.24, 2.45) is 0 Å². The first-order valence-electron chi connectivity index (χ1n) is 5.41. The molecule has 3 N–H and O–H groups in total. The molecule has 0 saturated carbocycles. The fraction of sp³-hybridized carbons (Fsp3) is 0.167. The number of aromatic nitrogens is 1. The van der Waals surface area contributed by atoms with E-state index in [-0.39, 0.29) is 21.6 Å². The molecule has 7 heteroatoms. The second-order valence-electron chi connectivity index (χ2n) is 3.91. The Hall–Kier alpha value is -1.30. The van der Waals surface area contributed by atoms with E-state index in [4.69, 9.17) is 28.9 Å². The molecule has 2 aromatic rings. The van der Waals surface area contributed by atoms with Crippen LogP contribution in [0.1, 0.15) is 20.2 Å². The van der Waals surface area contributed by atoms with Crippen LogP contribution in [0.4, 0.5) is 5.69 Å². The molecule has 0 spiro atoms. The third-order valence-corrected chi connectivity index (χ3v) is 4.12. The van der Waals surface area contributed by atoms with Crippen molar-refractivity contribution in [3.05, 3.63) is 43.8 Å². The standard InChI is InChI=1S/C12H11Cl2N3OS/c1-6-4-16-10(19-6)5-17-12(18)7-2-8(13)11(14)9(15)3-7/h2-4H,5,15H2,1H3,(H,17,18). The number of aryl methyl sites for hydroxylation is 1. The number of benzene rings is 1. The van der Waals surface area contributed by atoms with Gasteiger partial charge >= 0.3 is 0 Å². The van der Waals surface area contributed by atoms with Crippen molar-refractivity contribution < 1.29 is 4.79 Å². The summed E-state index contributed by atoms with van der Waals surface area (Å²) in [5.41, 5.74) is 6.32. The third kappa shape index (κ3) is 3.37. The number of nitrogens with one attached hydrogen (secondary N) is 1. The van der Waals surface area contributed by atoms with Crippen LogP contribution >= 0.6 is 34.5 Å². The van der Waals surface area contributed by atoms with Gasteiger partial charge in [-0.05, 0) is 19.1 Å². The minimum atomic E-state index is -0.266. The molecule has 0 saturated heterocycles. The smallest absolute Gasteiger partial charge is 0.251 e. The number of carbonyl (C=O) groups excluding carboxylic acids is 1. The maximum atomic E-state index is 11.9. The van der Waals surface area contributed by atoms with Gasteiger partial charge in [-0.2, -0.15) is 0 Å². The zero-order valence-corrected chi connectivity index (χ0v) is 12.4. The van der Waals surface area contributed by atoms with E-state index in [1.807, 2.05) is 6.92 Å². The molecule has 0 aliphatic rings. The summed E-state index contributed by atoms with van der Waals surface area (Å²) in [6.45, 7) is 2.33. The summed E-state index contributed by atoms with van der Waals surface area (Å²) in [4.78, 5) is 17.2. The van der Waals surface area contributed by atoms with E-state index < -0.39 is 0 Å². The predicted octanol–water partition coefficient (Wildman–Crippen LogP) is 3.27. The van der Waals surface area contributed by atoms with E-state index >= 15 is 0 Å². The molecule has 1 amide bonds. The first kappa shape index (κ1) is 14.1. The molecule has 4 nitrogen and oxygen atoms in total. The van der Waals surface area contributed by atoms with Crippen molar-refractivity contribution in [2.45, 2.75) is 13.5 Å². The van der Waals surface area contributed by atoms with Crippen LogP contribution in [-0.2, 0) is 6.54 Å². The number of hydrogen-bond donors (Lipinski definition) is 2. The summed E-state index contributed by atoms with van der Waals surface area (Å²) in [6, 6.07) is 2.99. The van der Waals surface area contributed by atoms with Crippen LogP contribution in [0.3, 0.4) is 0 Å². The van der Waals surface area contributed by atoms with Gasteiger partial charge in [0.1, 0.15) is 5.01 Å². The van der Waals surface area contributed by atoms with Gasteiger partial charge in [0, 0.05) is 16.6 Å². The minimum Gasteiger partial charge on any atom is -0.397 e. The monoisotopic (exact) mass is 315 g/mol. The van der Waals surface area contributed by atoms with Gasteiger partial charge in [-0.15, -0.1) is 11.3 Å². The lowest BCUT2D eigenvalue weighted by Gasteiger charge is -2.06. The summed E-state index contributed by atoms with van der Waals surface area (Å²) in [5.74, 6) is -0.266. The third-order valence-electron chi connectivity index (χ3n) is 2.39. The molecule has 0 atom stereocenters. The highest BCUT2D eigenvalue weighted by molar-refractivity contribution is 7.11. The molecule has 1 heterocycles. The van der Waals surface area contributed by atoms with E-state index in [9.17, 15) is 4.79 Å². The highest BCUT2D eigenvalue weighted by atomic mass is 35.5. The Kier molecular flexibility index (Phi) is 4.29. The van der Waals surface area contributed by atoms with Gasteiger partial charge in [0.15, 0.2) is 0 Å². The largest absolute Gasteiger partial charge is 0.397 e. The number of nitrogens with two attached hydrogens (primary N) is 1. The number of halogens is 2. The van der Waals surface area contributed by atoms with Crippen molar-refractivity contribution in [1.29, 1.82) is 0 Å². The highest BCUT2D eigenvalue weighted by Crippen LogP contribution is 2.29. The van der Waals surface area contributed by atoms with E-state index in [0.717, 1.165) is 9.88 Å². The van der Waals surface area contributed by atoms with E-state index in [0.29, 0.717) is 12.1 Å². The van der Waals surface area contributed by atoms with Gasteiger partial charge in [0.25, 0.3) is 5.91 Å². The Morgan fingerprint density at radius 2 is 2.21 bits per heavy atom. The van der Waals surface area contributed by atoms with Gasteiger partial charge in [-0.25, -0.2) is 4.98 Å². The lowest BCUT2D eigenvalue weighted by atomic mass is 10.2. The number of rotatable bonds is 3. The van der Waals surface area contributed by atoms with Gasteiger partial charge in [-0.3, -0.25) is 4.79 Å². The minimum absolute atomic E-state index is 0.258. The van der Waals surface area contributed by atoms with Crippen LogP contribution in [0.2, 0.25) is 10.0 Å². The molecule has 0 bridgehead atoms. The quantitative estimate of drug-likeness (QED) is 0.854. The number of thiazole rings is 1. The molecule has 0 fully saturated rings. The molecule has 1 aromatic carbocycles. The highest BCUT2D eigenvalue weighted by Gasteiger charge is 2.11. The molecular formula is C12H11Cl2N3OS. The van der Waals surface area contributed by atoms with Crippen molar-refractivity contribution in [3.63, 3.8) is 0 Å². The molecule has 0 aliphatic heterocycles. The van der Waals surface area contributed by atoms with E-state index in [1.54, 1.807) is 6.20 Å². The van der Waals surface area contributed by atoms with Gasteiger partial charge in [-0.1, -0.05) is 23.2 Å². The van der Waals surface area contributed by atoms with Gasteiger partial charge < -0.3 is 11.1 Å². The lowest BCUT2D eigenvalue weighted by molar-refractivity contribution is 0.0951. The van der Waals surface area contributed by atoms with Gasteiger partial charge in [0.2, 0.25) is 0 Å². The van der Waals surface area contributed by atoms with Crippen LogP contribution in [0.25, 0.3) is 0 Å². The second-order valence-corrected chi connectivity index (χ2v) is 6.01. The average molecular weight is 316 g/mol. The van der Waals surface area contributed by atoms with Crippen molar-refractivity contribution >= 4 is 46.1 Å². The summed E-state index contributed by atoms with van der Waals surface area (Å²) in [7, 11) is 0. The number of anilines is 1. The number of carbonyl (C=O) groups is 1. The maximum absolute atomic E-state index is 11.9. The van der Waals surface area contributed by atoms with Crippen LogP contribution in [0, 0.1) is 6.92 Å². The van der Waals surface area contributed by atoms with Crippen LogP contribution in [-0.4, -0.2) is 10.9 Å². The molecule has 0 unspecified atom stereocenters. The average Bonchev–Trinajstić information content (AvgIpc) is 2.78. The van der Waals surface area contributed by atoms with Crippen molar-refractivity contribution in [1.82, 2.24) is 10.3 Å².